The molecule has 1 saturated heterocycles. The van der Waals surface area contributed by atoms with Crippen LogP contribution in [0.25, 0.3) is 17.1 Å². The molecule has 1 aromatic carbocycles. The number of benzene rings is 1. The number of nitrogens with zero attached hydrogens (tertiary/aromatic N) is 4. The number of furan rings is 1. The van der Waals surface area contributed by atoms with E-state index in [4.69, 9.17) is 20.8 Å². The van der Waals surface area contributed by atoms with Crippen LogP contribution < -0.4 is 0 Å². The largest absolute Gasteiger partial charge is 0.469 e. The van der Waals surface area contributed by atoms with Gasteiger partial charge in [-0.3, -0.25) is 9.36 Å². The number of aryl methyl sites for hydroxylation is 1. The molecule has 3 heterocycles. The minimum Gasteiger partial charge on any atom is -0.469 e. The van der Waals surface area contributed by atoms with Crippen molar-refractivity contribution in [3.8, 4) is 17.1 Å². The van der Waals surface area contributed by atoms with Crippen LogP contribution in [0.15, 0.2) is 46.2 Å². The molecule has 0 N–H and O–H groups in total. The van der Waals surface area contributed by atoms with E-state index in [0.29, 0.717) is 42.3 Å². The van der Waals surface area contributed by atoms with Crippen LogP contribution in [0.5, 0.6) is 0 Å². The molecule has 4 rings (SSSR count). The van der Waals surface area contributed by atoms with E-state index in [0.717, 1.165) is 17.0 Å². The average molecular weight is 419 g/mol. The number of morpholine rings is 1. The summed E-state index contributed by atoms with van der Waals surface area (Å²) in [6.45, 7) is 4.29. The van der Waals surface area contributed by atoms with E-state index in [1.807, 2.05) is 46.7 Å². The molecule has 0 aliphatic carbocycles. The lowest BCUT2D eigenvalue weighted by atomic mass is 10.2. The number of halogens is 1. The van der Waals surface area contributed by atoms with Gasteiger partial charge in [0.25, 0.3) is 0 Å². The Labute approximate surface area is 171 Å². The van der Waals surface area contributed by atoms with Gasteiger partial charge in [-0.25, -0.2) is 0 Å². The molecule has 146 valence electrons. The zero-order valence-electron chi connectivity index (χ0n) is 15.3. The van der Waals surface area contributed by atoms with Crippen molar-refractivity contribution in [3.63, 3.8) is 0 Å². The summed E-state index contributed by atoms with van der Waals surface area (Å²) in [6, 6.07) is 9.32. The predicted molar refractivity (Wildman–Crippen MR) is 107 cm³/mol. The lowest BCUT2D eigenvalue weighted by Gasteiger charge is -2.26. The summed E-state index contributed by atoms with van der Waals surface area (Å²) < 4.78 is 12.6. The maximum absolute atomic E-state index is 12.5. The number of hydrogen-bond donors (Lipinski definition) is 0. The second kappa shape index (κ2) is 8.38. The van der Waals surface area contributed by atoms with Crippen molar-refractivity contribution in [2.45, 2.75) is 12.1 Å². The van der Waals surface area contributed by atoms with Gasteiger partial charge < -0.3 is 14.1 Å². The van der Waals surface area contributed by atoms with Crippen LogP contribution in [-0.4, -0.2) is 57.6 Å². The van der Waals surface area contributed by atoms with Crippen LogP contribution in [0.1, 0.15) is 5.76 Å². The fraction of sp³-hybridized carbons (Fsp3) is 0.316. The van der Waals surface area contributed by atoms with Gasteiger partial charge in [0.05, 0.1) is 36.5 Å². The second-order valence-corrected chi connectivity index (χ2v) is 7.67. The normalized spacial score (nSPS) is 14.4. The molecular weight excluding hydrogens is 400 g/mol. The van der Waals surface area contributed by atoms with Crippen LogP contribution in [0.2, 0.25) is 5.02 Å². The predicted octanol–water partition coefficient (Wildman–Crippen LogP) is 3.44. The van der Waals surface area contributed by atoms with E-state index in [1.54, 1.807) is 6.26 Å². The molecule has 0 unspecified atom stereocenters. The maximum Gasteiger partial charge on any atom is 0.233 e. The van der Waals surface area contributed by atoms with Gasteiger partial charge in [0.15, 0.2) is 11.0 Å². The fourth-order valence-corrected chi connectivity index (χ4v) is 4.07. The summed E-state index contributed by atoms with van der Waals surface area (Å²) in [5, 5.41) is 9.93. The summed E-state index contributed by atoms with van der Waals surface area (Å²) in [5.74, 6) is 1.74. The van der Waals surface area contributed by atoms with Crippen molar-refractivity contribution in [2.75, 3.05) is 32.1 Å². The van der Waals surface area contributed by atoms with Gasteiger partial charge in [-0.15, -0.1) is 10.2 Å². The van der Waals surface area contributed by atoms with E-state index in [9.17, 15) is 4.79 Å². The lowest BCUT2D eigenvalue weighted by molar-refractivity contribution is -0.132. The summed E-state index contributed by atoms with van der Waals surface area (Å²) in [5.41, 5.74) is 1.67. The summed E-state index contributed by atoms with van der Waals surface area (Å²) in [6.07, 6.45) is 1.62. The summed E-state index contributed by atoms with van der Waals surface area (Å²) in [7, 11) is 0. The third kappa shape index (κ3) is 3.94. The minimum absolute atomic E-state index is 0.0648. The molecule has 7 nitrogen and oxygen atoms in total. The highest BCUT2D eigenvalue weighted by Crippen LogP contribution is 2.31. The smallest absolute Gasteiger partial charge is 0.233 e. The second-order valence-electron chi connectivity index (χ2n) is 6.29. The number of rotatable bonds is 5. The van der Waals surface area contributed by atoms with Crippen molar-refractivity contribution >= 4 is 29.3 Å². The third-order valence-corrected chi connectivity index (χ3v) is 5.64. The molecule has 1 fully saturated rings. The van der Waals surface area contributed by atoms with E-state index >= 15 is 0 Å². The van der Waals surface area contributed by atoms with Crippen LogP contribution in [0.3, 0.4) is 0 Å². The first-order chi connectivity index (χ1) is 13.6. The Balaban J connectivity index is 1.64. The minimum atomic E-state index is 0.0648. The Morgan fingerprint density at radius 3 is 2.79 bits per heavy atom. The van der Waals surface area contributed by atoms with E-state index in [2.05, 4.69) is 10.2 Å². The van der Waals surface area contributed by atoms with Crippen LogP contribution >= 0.6 is 23.4 Å². The number of carbonyl (C=O) groups is 1. The Morgan fingerprint density at radius 1 is 1.25 bits per heavy atom. The molecule has 1 amide bonds. The van der Waals surface area contributed by atoms with Crippen LogP contribution in [0, 0.1) is 6.92 Å². The van der Waals surface area contributed by atoms with E-state index < -0.39 is 0 Å². The average Bonchev–Trinajstić information content (AvgIpc) is 3.32. The first kappa shape index (κ1) is 19.0. The highest BCUT2D eigenvalue weighted by Gasteiger charge is 2.22. The van der Waals surface area contributed by atoms with Crippen molar-refractivity contribution in [1.82, 2.24) is 19.7 Å². The molecule has 0 atom stereocenters. The highest BCUT2D eigenvalue weighted by molar-refractivity contribution is 7.99. The zero-order chi connectivity index (χ0) is 19.5. The number of aromatic nitrogens is 3. The number of thioether (sulfide) groups is 1. The van der Waals surface area contributed by atoms with Gasteiger partial charge in [-0.1, -0.05) is 29.4 Å². The van der Waals surface area contributed by atoms with Crippen LogP contribution in [-0.2, 0) is 9.53 Å². The van der Waals surface area contributed by atoms with Gasteiger partial charge in [-0.2, -0.15) is 0 Å². The fourth-order valence-electron chi connectivity index (χ4n) is 3.03. The van der Waals surface area contributed by atoms with E-state index in [-0.39, 0.29) is 11.7 Å². The molecule has 0 radical (unpaired) electrons. The quantitative estimate of drug-likeness (QED) is 0.591. The number of hydrogen-bond acceptors (Lipinski definition) is 6. The molecule has 1 aliphatic rings. The molecule has 0 spiro atoms. The number of ether oxygens (including phenoxy) is 1. The maximum atomic E-state index is 12.5. The monoisotopic (exact) mass is 418 g/mol. The molecule has 0 saturated carbocycles. The topological polar surface area (TPSA) is 73.4 Å². The van der Waals surface area contributed by atoms with Crippen molar-refractivity contribution < 1.29 is 13.9 Å². The molecule has 1 aliphatic heterocycles. The van der Waals surface area contributed by atoms with Crippen molar-refractivity contribution in [3.05, 3.63) is 47.4 Å². The Bertz CT molecular complexity index is 981. The van der Waals surface area contributed by atoms with Gasteiger partial charge in [0, 0.05) is 18.1 Å². The third-order valence-electron chi connectivity index (χ3n) is 4.49. The SMILES string of the molecule is Cc1occc1-c1nnc(SCC(=O)N2CCOCC2)n1-c1cccc(Cl)c1. The standard InChI is InChI=1S/C19H19ClN4O3S/c1-13-16(5-8-27-13)18-21-22-19(24(18)15-4-2-3-14(20)11-15)28-12-17(25)23-6-9-26-10-7-23/h2-5,8,11H,6-7,9-10,12H2,1H3. The molecule has 2 aromatic heterocycles. The first-order valence-corrected chi connectivity index (χ1v) is 10.2. The summed E-state index contributed by atoms with van der Waals surface area (Å²) in [4.78, 5) is 14.3. The molecule has 28 heavy (non-hydrogen) atoms. The molecular formula is C19H19ClN4O3S. The van der Waals surface area contributed by atoms with Gasteiger partial charge in [0.2, 0.25) is 5.91 Å². The highest BCUT2D eigenvalue weighted by atomic mass is 35.5. The Kier molecular flexibility index (Phi) is 5.70. The molecule has 0 bridgehead atoms. The van der Waals surface area contributed by atoms with E-state index in [1.165, 1.54) is 11.8 Å². The van der Waals surface area contributed by atoms with Crippen molar-refractivity contribution in [2.24, 2.45) is 0 Å². The zero-order valence-corrected chi connectivity index (χ0v) is 16.9. The first-order valence-electron chi connectivity index (χ1n) is 8.87. The van der Waals surface area contributed by atoms with Gasteiger partial charge >= 0.3 is 0 Å². The number of amides is 1. The van der Waals surface area contributed by atoms with Gasteiger partial charge in [-0.05, 0) is 31.2 Å². The summed E-state index contributed by atoms with van der Waals surface area (Å²) >= 11 is 7.56. The Hall–Kier alpha value is -2.29. The lowest BCUT2D eigenvalue weighted by Crippen LogP contribution is -2.41. The van der Waals surface area contributed by atoms with Crippen LogP contribution in [0.4, 0.5) is 0 Å². The molecule has 9 heteroatoms. The number of carbonyl (C=O) groups excluding carboxylic acids is 1. The van der Waals surface area contributed by atoms with Crippen molar-refractivity contribution in [1.29, 1.82) is 0 Å². The molecule has 3 aromatic rings. The van der Waals surface area contributed by atoms with Gasteiger partial charge in [0.1, 0.15) is 5.76 Å². The Morgan fingerprint density at radius 2 is 2.07 bits per heavy atom.